The van der Waals surface area contributed by atoms with Crippen LogP contribution in [0.4, 0.5) is 0 Å². The minimum atomic E-state index is 0. The Kier molecular flexibility index (Phi) is 5.94. The van der Waals surface area contributed by atoms with Gasteiger partial charge in [-0.15, -0.1) is 0 Å². The van der Waals surface area contributed by atoms with E-state index in [9.17, 15) is 0 Å². The van der Waals surface area contributed by atoms with Crippen molar-refractivity contribution in [3.05, 3.63) is 32.3 Å². The number of hydrogen-bond donors (Lipinski definition) is 0. The van der Waals surface area contributed by atoms with Crippen molar-refractivity contribution in [2.45, 2.75) is 0 Å². The summed E-state index contributed by atoms with van der Waals surface area (Å²) in [5.74, 6) is 0. The fourth-order valence-electron chi connectivity index (χ4n) is 0.439. The molecule has 1 aromatic rings. The zero-order valence-corrected chi connectivity index (χ0v) is 10.8. The van der Waals surface area contributed by atoms with Crippen molar-refractivity contribution in [2.75, 3.05) is 0 Å². The Labute approximate surface area is 100 Å². The van der Waals surface area contributed by atoms with E-state index >= 15 is 0 Å². The second kappa shape index (κ2) is 5.13. The first-order valence-corrected chi connectivity index (χ1v) is 4.08. The molecule has 0 fully saturated rings. The van der Waals surface area contributed by atoms with Crippen LogP contribution in [0.3, 0.4) is 0 Å². The van der Waals surface area contributed by atoms with Crippen molar-refractivity contribution in [2.24, 2.45) is 0 Å². The minimum Gasteiger partial charge on any atom is -1.00 e. The Morgan fingerprint density at radius 2 is 1.89 bits per heavy atom. The Morgan fingerprint density at radius 1 is 1.33 bits per heavy atom. The van der Waals surface area contributed by atoms with Crippen molar-refractivity contribution in [1.29, 1.82) is 0 Å². The first-order valence-electron chi connectivity index (χ1n) is 2.21. The maximum Gasteiger partial charge on any atom is 1.00 e. The molecule has 0 spiro atoms. The molecule has 0 aliphatic carbocycles. The van der Waals surface area contributed by atoms with Gasteiger partial charge in [0.2, 0.25) is 0 Å². The molecule has 0 N–H and O–H groups in total. The molecule has 9 heavy (non-hydrogen) atoms. The molecule has 0 radical (unpaired) electrons. The maximum absolute atomic E-state index is 3.39. The summed E-state index contributed by atoms with van der Waals surface area (Å²) < 4.78 is 2.42. The molecular weight excluding hydrogens is 302 g/mol. The average Bonchev–Trinajstić information content (AvgIpc) is 1.77. The van der Waals surface area contributed by atoms with E-state index < -0.39 is 0 Å². The van der Waals surface area contributed by atoms with E-state index in [-0.39, 0.29) is 31.0 Å². The zero-order chi connectivity index (χ0) is 5.98. The molecule has 0 unspecified atom stereocenters. The fourth-order valence-corrected chi connectivity index (χ4v) is 1.11. The molecule has 44 valence electrons. The van der Waals surface area contributed by atoms with E-state index in [0.717, 1.165) is 0 Å². The van der Waals surface area contributed by atoms with Crippen LogP contribution in [-0.4, -0.2) is 0 Å². The summed E-state index contributed by atoms with van der Waals surface area (Å²) in [6.07, 6.45) is 0. The Bertz CT molecular complexity index is 174. The van der Waals surface area contributed by atoms with Gasteiger partial charge in [0.15, 0.2) is 0 Å². The molecule has 0 aliphatic heterocycles. The normalized spacial score (nSPS) is 8.22. The molecule has 0 saturated heterocycles. The Balaban J connectivity index is 0. The summed E-state index contributed by atoms with van der Waals surface area (Å²) in [6, 6.07) is 8.12. The monoisotopic (exact) mass is 306 g/mol. The maximum atomic E-state index is 3.39. The van der Waals surface area contributed by atoms with Gasteiger partial charge in [0.05, 0.1) is 0 Å². The molecule has 0 aromatic heterocycles. The van der Waals surface area contributed by atoms with E-state index in [1.165, 1.54) is 8.04 Å². The van der Waals surface area contributed by atoms with Crippen molar-refractivity contribution in [1.82, 2.24) is 0 Å². The quantitative estimate of drug-likeness (QED) is 0.473. The SMILES string of the molecule is Brc1ccccc1I.[H-].[Na+]. The predicted molar refractivity (Wildman–Crippen MR) is 48.0 cm³/mol. The van der Waals surface area contributed by atoms with Crippen LogP contribution in [0.2, 0.25) is 0 Å². The second-order valence-corrected chi connectivity index (χ2v) is 3.43. The van der Waals surface area contributed by atoms with Crippen molar-refractivity contribution in [3.8, 4) is 0 Å². The summed E-state index contributed by atoms with van der Waals surface area (Å²) in [5.41, 5.74) is 0. The Morgan fingerprint density at radius 3 is 2.22 bits per heavy atom. The van der Waals surface area contributed by atoms with Crippen LogP contribution in [0.5, 0.6) is 0 Å². The largest absolute Gasteiger partial charge is 1.00 e. The summed E-state index contributed by atoms with van der Waals surface area (Å²) in [5, 5.41) is 0. The molecule has 0 bridgehead atoms. The summed E-state index contributed by atoms with van der Waals surface area (Å²) >= 11 is 5.67. The van der Waals surface area contributed by atoms with Crippen molar-refractivity contribution >= 4 is 38.5 Å². The van der Waals surface area contributed by atoms with E-state index in [1.54, 1.807) is 0 Å². The second-order valence-electron chi connectivity index (χ2n) is 1.41. The van der Waals surface area contributed by atoms with Crippen LogP contribution in [0.25, 0.3) is 0 Å². The van der Waals surface area contributed by atoms with Crippen molar-refractivity contribution < 1.29 is 31.0 Å². The molecule has 1 aromatic carbocycles. The molecule has 0 atom stereocenters. The first-order chi connectivity index (χ1) is 3.80. The summed E-state index contributed by atoms with van der Waals surface area (Å²) in [7, 11) is 0. The smallest absolute Gasteiger partial charge is 1.00 e. The van der Waals surface area contributed by atoms with Crippen molar-refractivity contribution in [3.63, 3.8) is 0 Å². The van der Waals surface area contributed by atoms with E-state index in [2.05, 4.69) is 44.6 Å². The topological polar surface area (TPSA) is 0 Å². The van der Waals surface area contributed by atoms with Gasteiger partial charge < -0.3 is 1.43 Å². The molecule has 1 rings (SSSR count). The summed E-state index contributed by atoms with van der Waals surface area (Å²) in [4.78, 5) is 0. The molecule has 0 amide bonds. The van der Waals surface area contributed by atoms with Gasteiger partial charge in [-0.05, 0) is 50.7 Å². The van der Waals surface area contributed by atoms with Gasteiger partial charge in [0, 0.05) is 8.04 Å². The standard InChI is InChI=1S/C6H4BrI.Na.H/c7-5-3-1-2-4-6(5)8;;/h1-4H;;/q;+1;-1. The molecule has 0 aliphatic rings. The van der Waals surface area contributed by atoms with Gasteiger partial charge in [-0.2, -0.15) is 0 Å². The number of halogens is 2. The number of rotatable bonds is 0. The van der Waals surface area contributed by atoms with Crippen LogP contribution in [-0.2, 0) is 0 Å². The third-order valence-corrected chi connectivity index (χ3v) is 3.20. The first kappa shape index (κ1) is 10.4. The summed E-state index contributed by atoms with van der Waals surface area (Å²) in [6.45, 7) is 0. The van der Waals surface area contributed by atoms with Gasteiger partial charge in [-0.25, -0.2) is 0 Å². The van der Waals surface area contributed by atoms with Crippen LogP contribution in [0.15, 0.2) is 28.7 Å². The molecule has 3 heteroatoms. The zero-order valence-electron chi connectivity index (χ0n) is 6.07. The molecular formula is C6H5BrINa. The third-order valence-electron chi connectivity index (χ3n) is 0.824. The van der Waals surface area contributed by atoms with E-state index in [4.69, 9.17) is 0 Å². The van der Waals surface area contributed by atoms with Gasteiger partial charge in [0.1, 0.15) is 0 Å². The van der Waals surface area contributed by atoms with Gasteiger partial charge >= 0.3 is 29.6 Å². The molecule has 0 saturated carbocycles. The Hall–Kier alpha value is 1.43. The third kappa shape index (κ3) is 3.37. The fraction of sp³-hybridized carbons (Fsp3) is 0. The minimum absolute atomic E-state index is 0. The van der Waals surface area contributed by atoms with Crippen LogP contribution in [0.1, 0.15) is 1.43 Å². The number of benzene rings is 1. The van der Waals surface area contributed by atoms with Gasteiger partial charge in [-0.1, -0.05) is 12.1 Å². The van der Waals surface area contributed by atoms with Crippen LogP contribution >= 0.6 is 38.5 Å². The molecule has 0 heterocycles. The molecule has 0 nitrogen and oxygen atoms in total. The predicted octanol–water partition coefficient (Wildman–Crippen LogP) is 0.170. The van der Waals surface area contributed by atoms with E-state index in [0.29, 0.717) is 0 Å². The van der Waals surface area contributed by atoms with Gasteiger partial charge in [0.25, 0.3) is 0 Å². The average molecular weight is 307 g/mol. The van der Waals surface area contributed by atoms with Crippen LogP contribution in [0, 0.1) is 3.57 Å². The van der Waals surface area contributed by atoms with Crippen LogP contribution < -0.4 is 29.6 Å². The van der Waals surface area contributed by atoms with Gasteiger partial charge in [-0.3, -0.25) is 0 Å². The number of hydrogen-bond acceptors (Lipinski definition) is 0. The van der Waals surface area contributed by atoms with E-state index in [1.807, 2.05) is 18.2 Å².